The zero-order chi connectivity index (χ0) is 17.6. The summed E-state index contributed by atoms with van der Waals surface area (Å²) in [5.41, 5.74) is 0.834. The van der Waals surface area contributed by atoms with E-state index in [9.17, 15) is 9.59 Å². The molecule has 1 heterocycles. The van der Waals surface area contributed by atoms with Gasteiger partial charge in [-0.15, -0.1) is 0 Å². The molecule has 25 heavy (non-hydrogen) atoms. The van der Waals surface area contributed by atoms with E-state index in [0.717, 1.165) is 15.9 Å². The van der Waals surface area contributed by atoms with Gasteiger partial charge in [0.15, 0.2) is 0 Å². The fourth-order valence-corrected chi connectivity index (χ4v) is 3.16. The maximum Gasteiger partial charge on any atom is 0.227 e. The van der Waals surface area contributed by atoms with Crippen molar-refractivity contribution in [2.45, 2.75) is 6.42 Å². The highest BCUT2D eigenvalue weighted by Gasteiger charge is 2.34. The average molecular weight is 403 g/mol. The molecule has 1 aliphatic heterocycles. The van der Waals surface area contributed by atoms with Crippen LogP contribution in [0.5, 0.6) is 5.75 Å². The molecule has 0 aromatic heterocycles. The number of para-hydroxylation sites is 1. The van der Waals surface area contributed by atoms with Crippen LogP contribution in [0, 0.1) is 5.92 Å². The molecule has 2 amide bonds. The SMILES string of the molecule is O=C(NCCOc1cccc(Br)c1)C1CC(=O)N(c2ccccc2)C1. The van der Waals surface area contributed by atoms with Crippen LogP contribution in [-0.2, 0) is 9.59 Å². The number of hydrogen-bond donors (Lipinski definition) is 1. The summed E-state index contributed by atoms with van der Waals surface area (Å²) in [5.74, 6) is 0.301. The van der Waals surface area contributed by atoms with Gasteiger partial charge in [0.1, 0.15) is 12.4 Å². The molecule has 0 aliphatic carbocycles. The predicted molar refractivity (Wildman–Crippen MR) is 99.5 cm³/mol. The van der Waals surface area contributed by atoms with Gasteiger partial charge in [-0.1, -0.05) is 40.2 Å². The van der Waals surface area contributed by atoms with E-state index in [2.05, 4.69) is 21.2 Å². The molecule has 0 saturated carbocycles. The summed E-state index contributed by atoms with van der Waals surface area (Å²) in [5, 5.41) is 2.85. The molecule has 2 aromatic carbocycles. The Balaban J connectivity index is 1.45. The number of halogens is 1. The van der Waals surface area contributed by atoms with E-state index in [1.54, 1.807) is 4.90 Å². The van der Waals surface area contributed by atoms with Crippen molar-refractivity contribution >= 4 is 33.4 Å². The number of ether oxygens (including phenoxy) is 1. The highest BCUT2D eigenvalue weighted by atomic mass is 79.9. The quantitative estimate of drug-likeness (QED) is 0.755. The summed E-state index contributed by atoms with van der Waals surface area (Å²) in [6.07, 6.45) is 0.243. The molecule has 1 unspecified atom stereocenters. The highest BCUT2D eigenvalue weighted by molar-refractivity contribution is 9.10. The Morgan fingerprint density at radius 2 is 2.00 bits per heavy atom. The first-order chi connectivity index (χ1) is 12.1. The van der Waals surface area contributed by atoms with E-state index in [4.69, 9.17) is 4.74 Å². The molecule has 3 rings (SSSR count). The number of benzene rings is 2. The van der Waals surface area contributed by atoms with Gasteiger partial charge in [-0.2, -0.15) is 0 Å². The van der Waals surface area contributed by atoms with Gasteiger partial charge >= 0.3 is 0 Å². The summed E-state index contributed by atoms with van der Waals surface area (Å²) in [7, 11) is 0. The minimum atomic E-state index is -0.321. The van der Waals surface area contributed by atoms with Crippen LogP contribution in [0.1, 0.15) is 6.42 Å². The molecule has 1 fully saturated rings. The van der Waals surface area contributed by atoms with Crippen LogP contribution in [0.3, 0.4) is 0 Å². The van der Waals surface area contributed by atoms with Crippen LogP contribution in [0.2, 0.25) is 0 Å². The minimum absolute atomic E-state index is 0.0169. The van der Waals surface area contributed by atoms with Crippen molar-refractivity contribution in [1.29, 1.82) is 0 Å². The lowest BCUT2D eigenvalue weighted by Crippen LogP contribution is -2.35. The number of carbonyl (C=O) groups is 2. The molecule has 2 aromatic rings. The predicted octanol–water partition coefficient (Wildman–Crippen LogP) is 3.00. The number of carbonyl (C=O) groups excluding carboxylic acids is 2. The summed E-state index contributed by atoms with van der Waals surface area (Å²) >= 11 is 3.38. The maximum absolute atomic E-state index is 12.3. The molecule has 5 nitrogen and oxygen atoms in total. The Morgan fingerprint density at radius 3 is 2.76 bits per heavy atom. The van der Waals surface area contributed by atoms with Crippen LogP contribution in [-0.4, -0.2) is 31.5 Å². The van der Waals surface area contributed by atoms with Crippen LogP contribution in [0.15, 0.2) is 59.1 Å². The lowest BCUT2D eigenvalue weighted by molar-refractivity contribution is -0.126. The molecule has 1 aliphatic rings. The molecular formula is C19H19BrN2O3. The van der Waals surface area contributed by atoms with Crippen molar-refractivity contribution in [2.75, 3.05) is 24.6 Å². The van der Waals surface area contributed by atoms with Gasteiger partial charge in [0.2, 0.25) is 11.8 Å². The van der Waals surface area contributed by atoms with Crippen molar-refractivity contribution in [3.63, 3.8) is 0 Å². The summed E-state index contributed by atoms with van der Waals surface area (Å²) in [6, 6.07) is 17.0. The monoisotopic (exact) mass is 402 g/mol. The molecule has 1 saturated heterocycles. The van der Waals surface area contributed by atoms with Crippen LogP contribution < -0.4 is 15.0 Å². The average Bonchev–Trinajstić information content (AvgIpc) is 3.01. The Labute approximate surface area is 155 Å². The topological polar surface area (TPSA) is 58.6 Å². The number of amides is 2. The normalized spacial score (nSPS) is 16.8. The fraction of sp³-hybridized carbons (Fsp3) is 0.263. The Kier molecular flexibility index (Phi) is 5.71. The van der Waals surface area contributed by atoms with Crippen LogP contribution in [0.25, 0.3) is 0 Å². The van der Waals surface area contributed by atoms with Crippen molar-refractivity contribution in [3.8, 4) is 5.75 Å². The van der Waals surface area contributed by atoms with Crippen molar-refractivity contribution < 1.29 is 14.3 Å². The summed E-state index contributed by atoms with van der Waals surface area (Å²) in [6.45, 7) is 1.20. The molecule has 6 heteroatoms. The van der Waals surface area contributed by atoms with E-state index in [1.165, 1.54) is 0 Å². The smallest absolute Gasteiger partial charge is 0.227 e. The lowest BCUT2D eigenvalue weighted by Gasteiger charge is -2.16. The molecule has 0 spiro atoms. The van der Waals surface area contributed by atoms with Crippen LogP contribution in [0.4, 0.5) is 5.69 Å². The number of anilines is 1. The summed E-state index contributed by atoms with van der Waals surface area (Å²) in [4.78, 5) is 26.1. The molecule has 0 bridgehead atoms. The molecule has 130 valence electrons. The maximum atomic E-state index is 12.3. The van der Waals surface area contributed by atoms with Gasteiger partial charge < -0.3 is 15.0 Å². The van der Waals surface area contributed by atoms with Gasteiger partial charge in [0.05, 0.1) is 12.5 Å². The standard InChI is InChI=1S/C19H19BrN2O3/c20-15-5-4-8-17(12-15)25-10-9-21-19(24)14-11-18(23)22(13-14)16-6-2-1-3-7-16/h1-8,12,14H,9-11,13H2,(H,21,24). The van der Waals surface area contributed by atoms with E-state index in [-0.39, 0.29) is 24.2 Å². The number of hydrogen-bond acceptors (Lipinski definition) is 3. The largest absolute Gasteiger partial charge is 0.492 e. The first-order valence-electron chi connectivity index (χ1n) is 8.15. The number of rotatable bonds is 6. The first kappa shape index (κ1) is 17.5. The minimum Gasteiger partial charge on any atom is -0.492 e. The Bertz CT molecular complexity index is 751. The van der Waals surface area contributed by atoms with Crippen molar-refractivity contribution in [1.82, 2.24) is 5.32 Å². The van der Waals surface area contributed by atoms with Gasteiger partial charge in [-0.25, -0.2) is 0 Å². The van der Waals surface area contributed by atoms with E-state index in [1.807, 2.05) is 54.6 Å². The fourth-order valence-electron chi connectivity index (χ4n) is 2.78. The third kappa shape index (κ3) is 4.60. The number of nitrogens with zero attached hydrogens (tertiary/aromatic N) is 1. The van der Waals surface area contributed by atoms with Gasteiger partial charge in [-0.3, -0.25) is 9.59 Å². The third-order valence-corrected chi connectivity index (χ3v) is 4.52. The van der Waals surface area contributed by atoms with Gasteiger partial charge in [0.25, 0.3) is 0 Å². The lowest BCUT2D eigenvalue weighted by atomic mass is 10.1. The molecular weight excluding hydrogens is 384 g/mol. The summed E-state index contributed by atoms with van der Waals surface area (Å²) < 4.78 is 6.53. The van der Waals surface area contributed by atoms with E-state index >= 15 is 0 Å². The van der Waals surface area contributed by atoms with Crippen molar-refractivity contribution in [2.24, 2.45) is 5.92 Å². The first-order valence-corrected chi connectivity index (χ1v) is 8.94. The molecule has 0 radical (unpaired) electrons. The van der Waals surface area contributed by atoms with Gasteiger partial charge in [0, 0.05) is 23.1 Å². The second-order valence-electron chi connectivity index (χ2n) is 5.84. The Morgan fingerprint density at radius 1 is 1.20 bits per heavy atom. The third-order valence-electron chi connectivity index (χ3n) is 4.03. The van der Waals surface area contributed by atoms with Crippen LogP contribution >= 0.6 is 15.9 Å². The van der Waals surface area contributed by atoms with E-state index in [0.29, 0.717) is 19.7 Å². The second-order valence-corrected chi connectivity index (χ2v) is 6.75. The zero-order valence-corrected chi connectivity index (χ0v) is 15.2. The second kappa shape index (κ2) is 8.16. The molecule has 1 N–H and O–H groups in total. The zero-order valence-electron chi connectivity index (χ0n) is 13.7. The van der Waals surface area contributed by atoms with E-state index < -0.39 is 0 Å². The highest BCUT2D eigenvalue weighted by Crippen LogP contribution is 2.24. The van der Waals surface area contributed by atoms with Crippen molar-refractivity contribution in [3.05, 3.63) is 59.1 Å². The van der Waals surface area contributed by atoms with Gasteiger partial charge in [-0.05, 0) is 30.3 Å². The molecule has 1 atom stereocenters. The Hall–Kier alpha value is -2.34. The number of nitrogens with one attached hydrogen (secondary N) is 1.